The summed E-state index contributed by atoms with van der Waals surface area (Å²) in [6, 6.07) is 74.2. The second kappa shape index (κ2) is 13.4. The van der Waals surface area contributed by atoms with Crippen LogP contribution in [-0.2, 0) is 0 Å². The second-order valence-electron chi connectivity index (χ2n) is 15.7. The molecule has 0 unspecified atom stereocenters. The summed E-state index contributed by atoms with van der Waals surface area (Å²) < 4.78 is 4.79. The lowest BCUT2D eigenvalue weighted by molar-refractivity contribution is 1.05. The number of benzene rings is 9. The van der Waals surface area contributed by atoms with Crippen LogP contribution in [0.15, 0.2) is 216 Å². The Balaban J connectivity index is 1.08. The fourth-order valence-corrected chi connectivity index (χ4v) is 10.8. The topological polar surface area (TPSA) is 35.6 Å². The van der Waals surface area contributed by atoms with Crippen molar-refractivity contribution in [1.29, 1.82) is 0 Å². The van der Waals surface area contributed by atoms with Crippen molar-refractivity contribution in [2.45, 2.75) is 9.79 Å². The molecule has 0 amide bonds. The van der Waals surface area contributed by atoms with Gasteiger partial charge in [-0.25, -0.2) is 9.97 Å². The Hall–Kier alpha value is -7.73. The molecule has 4 heterocycles. The first kappa shape index (κ1) is 34.2. The van der Waals surface area contributed by atoms with E-state index in [-0.39, 0.29) is 0 Å². The molecular weight excluding hydrogens is 761 g/mol. The van der Waals surface area contributed by atoms with Crippen molar-refractivity contribution in [2.24, 2.45) is 0 Å². The quantitative estimate of drug-likeness (QED) is 0.174. The predicted octanol–water partition coefficient (Wildman–Crippen LogP) is 15.0. The zero-order chi connectivity index (χ0) is 40.0. The fourth-order valence-electron chi connectivity index (χ4n) is 9.70. The van der Waals surface area contributed by atoms with Gasteiger partial charge in [0.25, 0.3) is 0 Å². The molecule has 0 saturated heterocycles. The summed E-state index contributed by atoms with van der Waals surface area (Å²) in [7, 11) is 0. The molecule has 3 aromatic heterocycles. The highest BCUT2D eigenvalue weighted by atomic mass is 32.2. The highest BCUT2D eigenvalue weighted by Crippen LogP contribution is 2.51. The third-order valence-corrected chi connectivity index (χ3v) is 13.5. The molecule has 0 bridgehead atoms. The Labute approximate surface area is 356 Å². The van der Waals surface area contributed by atoms with Gasteiger partial charge in [0.2, 0.25) is 0 Å². The van der Waals surface area contributed by atoms with E-state index < -0.39 is 0 Å². The smallest absolute Gasteiger partial charge is 0.162 e. The number of para-hydroxylation sites is 2. The maximum atomic E-state index is 5.30. The minimum Gasteiger partial charge on any atom is -0.309 e. The van der Waals surface area contributed by atoms with E-state index in [1.165, 1.54) is 69.8 Å². The third kappa shape index (κ3) is 5.21. The number of fused-ring (bicyclic) bond motifs is 9. The van der Waals surface area contributed by atoms with Gasteiger partial charge >= 0.3 is 0 Å². The van der Waals surface area contributed by atoms with Crippen molar-refractivity contribution >= 4 is 66.1 Å². The summed E-state index contributed by atoms with van der Waals surface area (Å²) in [6.07, 6.45) is 0. The van der Waals surface area contributed by atoms with E-state index in [1.54, 1.807) is 0 Å². The summed E-state index contributed by atoms with van der Waals surface area (Å²) in [4.78, 5) is 13.0. The Morgan fingerprint density at radius 2 is 1.00 bits per heavy atom. The highest BCUT2D eigenvalue weighted by molar-refractivity contribution is 7.99. The minimum atomic E-state index is 0.693. The maximum absolute atomic E-state index is 5.30. The summed E-state index contributed by atoms with van der Waals surface area (Å²) >= 11 is 1.88. The Kier molecular flexibility index (Phi) is 7.50. The molecule has 0 spiro atoms. The van der Waals surface area contributed by atoms with Crippen molar-refractivity contribution in [3.63, 3.8) is 0 Å². The van der Waals surface area contributed by atoms with Crippen LogP contribution in [0.25, 0.3) is 111 Å². The van der Waals surface area contributed by atoms with Crippen LogP contribution in [0.4, 0.5) is 0 Å². The lowest BCUT2D eigenvalue weighted by Gasteiger charge is -2.21. The monoisotopic (exact) mass is 794 g/mol. The lowest BCUT2D eigenvalue weighted by atomic mass is 9.93. The zero-order valence-corrected chi connectivity index (χ0v) is 33.6. The predicted molar refractivity (Wildman–Crippen MR) is 254 cm³/mol. The standard InChI is InChI=1S/C56H34N4S/c1-4-16-35(17-5-1)45-34-52(58-56(57-45)36-18-6-2-7-19-36)60-46-26-12-10-23-41(46)53-39(24-14-27-47(53)60)37-30-31-42-48(32-37)59(38-20-8-3-9-21-38)49-33-44-40-22-11-13-28-50(40)61-51-29-15-25-43(54(42)49)55(44)51/h1-34H. The van der Waals surface area contributed by atoms with Crippen molar-refractivity contribution in [1.82, 2.24) is 19.1 Å². The summed E-state index contributed by atoms with van der Waals surface area (Å²) in [6.45, 7) is 0. The van der Waals surface area contributed by atoms with Gasteiger partial charge in [-0.1, -0.05) is 163 Å². The van der Waals surface area contributed by atoms with Crippen LogP contribution in [-0.4, -0.2) is 19.1 Å². The molecule has 61 heavy (non-hydrogen) atoms. The van der Waals surface area contributed by atoms with Crippen LogP contribution >= 0.6 is 11.8 Å². The van der Waals surface area contributed by atoms with Gasteiger partial charge in [-0.05, 0) is 76.2 Å². The molecule has 13 rings (SSSR count). The SMILES string of the molecule is c1ccc(-c2cc(-n3c4ccccc4c4c(-c5ccc6c7c8cccc9c8c(cc7n(-c7ccccc7)c6c5)-c5ccccc5S9)cccc43)nc(-c3ccccc3)n2)cc1. The van der Waals surface area contributed by atoms with Gasteiger partial charge in [0.05, 0.1) is 27.8 Å². The molecule has 1 aliphatic rings. The van der Waals surface area contributed by atoms with Crippen molar-refractivity contribution in [3.8, 4) is 56.4 Å². The van der Waals surface area contributed by atoms with Gasteiger partial charge in [-0.15, -0.1) is 0 Å². The summed E-state index contributed by atoms with van der Waals surface area (Å²) in [5.41, 5.74) is 13.6. The number of aromatic nitrogens is 4. The minimum absolute atomic E-state index is 0.693. The largest absolute Gasteiger partial charge is 0.309 e. The maximum Gasteiger partial charge on any atom is 0.162 e. The highest BCUT2D eigenvalue weighted by Gasteiger charge is 2.25. The first-order valence-electron chi connectivity index (χ1n) is 20.7. The summed E-state index contributed by atoms with van der Waals surface area (Å²) in [5.74, 6) is 1.52. The van der Waals surface area contributed by atoms with Crippen LogP contribution in [0.5, 0.6) is 0 Å². The number of hydrogen-bond donors (Lipinski definition) is 0. The van der Waals surface area contributed by atoms with Gasteiger partial charge < -0.3 is 4.57 Å². The zero-order valence-electron chi connectivity index (χ0n) is 32.8. The second-order valence-corrected chi connectivity index (χ2v) is 16.8. The molecule has 12 aromatic rings. The molecule has 9 aromatic carbocycles. The van der Waals surface area contributed by atoms with Crippen LogP contribution in [0.1, 0.15) is 0 Å². The molecule has 0 aliphatic carbocycles. The van der Waals surface area contributed by atoms with E-state index in [9.17, 15) is 0 Å². The number of rotatable bonds is 5. The Morgan fingerprint density at radius 1 is 0.344 bits per heavy atom. The first-order valence-corrected chi connectivity index (χ1v) is 21.5. The van der Waals surface area contributed by atoms with Gasteiger partial charge in [0.15, 0.2) is 5.82 Å². The number of nitrogens with zero attached hydrogens (tertiary/aromatic N) is 4. The van der Waals surface area contributed by atoms with Crippen LogP contribution in [0.2, 0.25) is 0 Å². The summed E-state index contributed by atoms with van der Waals surface area (Å²) in [5, 5.41) is 7.52. The Morgan fingerprint density at radius 3 is 1.85 bits per heavy atom. The van der Waals surface area contributed by atoms with Gasteiger partial charge in [0.1, 0.15) is 5.82 Å². The van der Waals surface area contributed by atoms with E-state index in [1.807, 2.05) is 36.0 Å². The molecular formula is C56H34N4S. The average molecular weight is 795 g/mol. The van der Waals surface area contributed by atoms with Gasteiger partial charge in [0, 0.05) is 59.6 Å². The molecule has 0 radical (unpaired) electrons. The van der Waals surface area contributed by atoms with E-state index >= 15 is 0 Å². The molecule has 0 fully saturated rings. The normalized spacial score (nSPS) is 12.2. The van der Waals surface area contributed by atoms with Crippen molar-refractivity contribution in [2.75, 3.05) is 0 Å². The average Bonchev–Trinajstić information content (AvgIpc) is 3.85. The Bertz CT molecular complexity index is 3660. The fraction of sp³-hybridized carbons (Fsp3) is 0. The van der Waals surface area contributed by atoms with Crippen molar-refractivity contribution in [3.05, 3.63) is 206 Å². The van der Waals surface area contributed by atoms with Crippen LogP contribution < -0.4 is 0 Å². The first-order chi connectivity index (χ1) is 30.3. The molecule has 0 N–H and O–H groups in total. The third-order valence-electron chi connectivity index (χ3n) is 12.3. The number of hydrogen-bond acceptors (Lipinski definition) is 3. The van der Waals surface area contributed by atoms with E-state index in [2.05, 4.69) is 191 Å². The van der Waals surface area contributed by atoms with Crippen molar-refractivity contribution < 1.29 is 0 Å². The molecule has 0 saturated carbocycles. The van der Waals surface area contributed by atoms with E-state index in [0.717, 1.165) is 44.9 Å². The van der Waals surface area contributed by atoms with E-state index in [4.69, 9.17) is 9.97 Å². The van der Waals surface area contributed by atoms with Crippen LogP contribution in [0.3, 0.4) is 0 Å². The molecule has 4 nitrogen and oxygen atoms in total. The van der Waals surface area contributed by atoms with Crippen LogP contribution in [0, 0.1) is 0 Å². The molecule has 284 valence electrons. The molecule has 5 heteroatoms. The van der Waals surface area contributed by atoms with E-state index in [0.29, 0.717) is 5.82 Å². The molecule has 0 atom stereocenters. The van der Waals surface area contributed by atoms with Gasteiger partial charge in [-0.2, -0.15) is 0 Å². The lowest BCUT2D eigenvalue weighted by Crippen LogP contribution is -2.02. The molecule has 1 aliphatic heterocycles. The van der Waals surface area contributed by atoms with Gasteiger partial charge in [-0.3, -0.25) is 4.57 Å².